The van der Waals surface area contributed by atoms with Crippen LogP contribution < -0.4 is 10.9 Å². The molecule has 33 heavy (non-hydrogen) atoms. The molecular weight excluding hydrogens is 434 g/mol. The third kappa shape index (κ3) is 4.71. The van der Waals surface area contributed by atoms with Crippen LogP contribution in [-0.4, -0.2) is 31.0 Å². The number of hydrogen-bond acceptors (Lipinski definition) is 5. The minimum Gasteiger partial charge on any atom is -0.310 e. The first-order chi connectivity index (χ1) is 15.6. The van der Waals surface area contributed by atoms with Gasteiger partial charge in [-0.15, -0.1) is 0 Å². The summed E-state index contributed by atoms with van der Waals surface area (Å²) in [5, 5.41) is 8.44. The molecule has 170 valence electrons. The topological polar surface area (TPSA) is 81.8 Å². The average Bonchev–Trinajstić information content (AvgIpc) is 3.14. The molecule has 1 N–H and O–H groups in total. The van der Waals surface area contributed by atoms with Crippen molar-refractivity contribution in [1.29, 1.82) is 0 Å². The molecule has 0 aliphatic rings. The lowest BCUT2D eigenvalue weighted by molar-refractivity contribution is -0.113. The quantitative estimate of drug-likeness (QED) is 0.351. The molecule has 4 rings (SSSR count). The number of rotatable bonds is 5. The number of para-hydroxylation sites is 2. The zero-order chi connectivity index (χ0) is 23.8. The fraction of sp³-hybridized carbons (Fsp3) is 0.280. The van der Waals surface area contributed by atoms with E-state index in [1.165, 1.54) is 11.8 Å². The number of nitrogens with zero attached hydrogens (tertiary/aromatic N) is 4. The molecule has 0 saturated carbocycles. The van der Waals surface area contributed by atoms with Gasteiger partial charge in [0.2, 0.25) is 5.91 Å². The monoisotopic (exact) mass is 461 g/mol. The number of aromatic nitrogens is 4. The Morgan fingerprint density at radius 1 is 1.09 bits per heavy atom. The molecule has 1 amide bonds. The van der Waals surface area contributed by atoms with Crippen LogP contribution in [0.5, 0.6) is 0 Å². The van der Waals surface area contributed by atoms with E-state index in [0.29, 0.717) is 21.9 Å². The summed E-state index contributed by atoms with van der Waals surface area (Å²) < 4.78 is 3.26. The average molecular weight is 462 g/mol. The lowest BCUT2D eigenvalue weighted by atomic mass is 9.92. The molecule has 0 fully saturated rings. The van der Waals surface area contributed by atoms with Crippen LogP contribution in [0.1, 0.15) is 32.0 Å². The van der Waals surface area contributed by atoms with Crippen LogP contribution in [0.15, 0.2) is 64.5 Å². The molecule has 0 atom stereocenters. The highest BCUT2D eigenvalue weighted by Crippen LogP contribution is 2.25. The Morgan fingerprint density at radius 3 is 2.48 bits per heavy atom. The Morgan fingerprint density at radius 2 is 1.79 bits per heavy atom. The Labute approximate surface area is 196 Å². The molecule has 0 bridgehead atoms. The van der Waals surface area contributed by atoms with Crippen molar-refractivity contribution in [2.45, 2.75) is 38.3 Å². The van der Waals surface area contributed by atoms with E-state index in [1.807, 2.05) is 55.5 Å². The van der Waals surface area contributed by atoms with Crippen LogP contribution in [0.4, 0.5) is 5.82 Å². The lowest BCUT2D eigenvalue weighted by Gasteiger charge is -2.15. The maximum absolute atomic E-state index is 13.4. The summed E-state index contributed by atoms with van der Waals surface area (Å²) >= 11 is 1.24. The molecular formula is C25H27N5O2S. The van der Waals surface area contributed by atoms with Gasteiger partial charge in [-0.2, -0.15) is 5.10 Å². The second-order valence-corrected chi connectivity index (χ2v) is 9.91. The number of benzene rings is 2. The van der Waals surface area contributed by atoms with Gasteiger partial charge in [-0.1, -0.05) is 62.9 Å². The standard InChI is InChI=1S/C25H27N5O2S/c1-16-10-6-9-13-19(16)30-23(32)17-11-7-8-12-18(17)26-24(30)33-15-22(31)27-21-14-20(25(2,3)4)28-29(21)5/h6-14H,15H2,1-5H3,(H,27,31). The highest BCUT2D eigenvalue weighted by Gasteiger charge is 2.20. The zero-order valence-corrected chi connectivity index (χ0v) is 20.2. The molecule has 2 aromatic heterocycles. The first-order valence-electron chi connectivity index (χ1n) is 10.7. The number of amides is 1. The zero-order valence-electron chi connectivity index (χ0n) is 19.4. The Kier molecular flexibility index (Phi) is 6.12. The normalized spacial score (nSPS) is 11.7. The number of hydrogen-bond donors (Lipinski definition) is 1. The van der Waals surface area contributed by atoms with E-state index >= 15 is 0 Å². The second-order valence-electron chi connectivity index (χ2n) is 8.96. The van der Waals surface area contributed by atoms with Gasteiger partial charge in [-0.25, -0.2) is 4.98 Å². The van der Waals surface area contributed by atoms with E-state index in [1.54, 1.807) is 22.4 Å². The van der Waals surface area contributed by atoms with Crippen molar-refractivity contribution < 1.29 is 4.79 Å². The van der Waals surface area contributed by atoms with Crippen molar-refractivity contribution in [3.8, 4) is 5.69 Å². The summed E-state index contributed by atoms with van der Waals surface area (Å²) in [5.74, 6) is 0.544. The maximum atomic E-state index is 13.4. The van der Waals surface area contributed by atoms with Gasteiger partial charge in [0.25, 0.3) is 5.56 Å². The molecule has 0 aliphatic heterocycles. The number of carbonyl (C=O) groups excluding carboxylic acids is 1. The summed E-state index contributed by atoms with van der Waals surface area (Å²) in [6, 6.07) is 16.8. The summed E-state index contributed by atoms with van der Waals surface area (Å²) in [5.41, 5.74) is 2.94. The first-order valence-corrected chi connectivity index (χ1v) is 11.7. The van der Waals surface area contributed by atoms with Crippen LogP contribution in [-0.2, 0) is 17.3 Å². The van der Waals surface area contributed by atoms with E-state index in [4.69, 9.17) is 4.98 Å². The van der Waals surface area contributed by atoms with Crippen molar-refractivity contribution in [2.75, 3.05) is 11.1 Å². The van der Waals surface area contributed by atoms with Crippen molar-refractivity contribution in [2.24, 2.45) is 7.05 Å². The van der Waals surface area contributed by atoms with Crippen molar-refractivity contribution in [1.82, 2.24) is 19.3 Å². The largest absolute Gasteiger partial charge is 0.310 e. The number of nitrogens with one attached hydrogen (secondary N) is 1. The minimum absolute atomic E-state index is 0.104. The lowest BCUT2D eigenvalue weighted by Crippen LogP contribution is -2.23. The summed E-state index contributed by atoms with van der Waals surface area (Å²) in [7, 11) is 1.80. The molecule has 2 aromatic carbocycles. The van der Waals surface area contributed by atoms with Crippen LogP contribution >= 0.6 is 11.8 Å². The van der Waals surface area contributed by atoms with E-state index in [-0.39, 0.29) is 22.6 Å². The summed E-state index contributed by atoms with van der Waals surface area (Å²) in [4.78, 5) is 30.9. The molecule has 7 nitrogen and oxygen atoms in total. The first kappa shape index (κ1) is 22.8. The summed E-state index contributed by atoms with van der Waals surface area (Å²) in [6.07, 6.45) is 0. The van der Waals surface area contributed by atoms with Crippen LogP contribution in [0, 0.1) is 6.92 Å². The molecule has 2 heterocycles. The third-order valence-electron chi connectivity index (χ3n) is 5.35. The Balaban J connectivity index is 1.64. The predicted octanol–water partition coefficient (Wildman–Crippen LogP) is 4.46. The SMILES string of the molecule is Cc1ccccc1-n1c(SCC(=O)Nc2cc(C(C)(C)C)nn2C)nc2ccccc2c1=O. The fourth-order valence-electron chi connectivity index (χ4n) is 3.50. The van der Waals surface area contributed by atoms with Gasteiger partial charge in [0, 0.05) is 18.5 Å². The second kappa shape index (κ2) is 8.86. The van der Waals surface area contributed by atoms with Crippen molar-refractivity contribution in [3.05, 3.63) is 76.2 Å². The number of thioether (sulfide) groups is 1. The Hall–Kier alpha value is -3.39. The van der Waals surface area contributed by atoms with Gasteiger partial charge in [-0.05, 0) is 30.7 Å². The number of carbonyl (C=O) groups is 1. The fourth-order valence-corrected chi connectivity index (χ4v) is 4.30. The van der Waals surface area contributed by atoms with Crippen molar-refractivity contribution >= 4 is 34.4 Å². The third-order valence-corrected chi connectivity index (χ3v) is 6.29. The van der Waals surface area contributed by atoms with Gasteiger partial charge in [0.15, 0.2) is 5.16 Å². The van der Waals surface area contributed by atoms with Gasteiger partial charge in [-0.3, -0.25) is 18.8 Å². The smallest absolute Gasteiger partial charge is 0.266 e. The van der Waals surface area contributed by atoms with Crippen LogP contribution in [0.3, 0.4) is 0 Å². The van der Waals surface area contributed by atoms with E-state index < -0.39 is 0 Å². The molecule has 0 spiro atoms. The minimum atomic E-state index is -0.192. The number of fused-ring (bicyclic) bond motifs is 1. The summed E-state index contributed by atoms with van der Waals surface area (Å²) in [6.45, 7) is 8.18. The van der Waals surface area contributed by atoms with Crippen molar-refractivity contribution in [3.63, 3.8) is 0 Å². The van der Waals surface area contributed by atoms with Gasteiger partial charge in [0.1, 0.15) is 5.82 Å². The van der Waals surface area contributed by atoms with Crippen LogP contribution in [0.2, 0.25) is 0 Å². The molecule has 0 saturated heterocycles. The van der Waals surface area contributed by atoms with Gasteiger partial charge >= 0.3 is 0 Å². The predicted molar refractivity (Wildman–Crippen MR) is 133 cm³/mol. The highest BCUT2D eigenvalue weighted by atomic mass is 32.2. The molecule has 0 aliphatic carbocycles. The van der Waals surface area contributed by atoms with Gasteiger partial charge < -0.3 is 5.32 Å². The molecule has 8 heteroatoms. The number of anilines is 1. The van der Waals surface area contributed by atoms with Gasteiger partial charge in [0.05, 0.1) is 28.0 Å². The molecule has 4 aromatic rings. The Bertz CT molecular complexity index is 1400. The molecule has 0 unspecified atom stereocenters. The highest BCUT2D eigenvalue weighted by molar-refractivity contribution is 7.99. The van der Waals surface area contributed by atoms with E-state index in [2.05, 4.69) is 31.2 Å². The maximum Gasteiger partial charge on any atom is 0.266 e. The van der Waals surface area contributed by atoms with Crippen LogP contribution in [0.25, 0.3) is 16.6 Å². The van der Waals surface area contributed by atoms with E-state index in [0.717, 1.165) is 16.9 Å². The number of aryl methyl sites for hydroxylation is 2. The van der Waals surface area contributed by atoms with E-state index in [9.17, 15) is 9.59 Å². The molecule has 0 radical (unpaired) electrons.